The molecule has 0 radical (unpaired) electrons. The first kappa shape index (κ1) is 18.8. The van der Waals surface area contributed by atoms with Crippen LogP contribution >= 0.6 is 23.4 Å². The highest BCUT2D eigenvalue weighted by molar-refractivity contribution is 7.98. The molecule has 142 valence electrons. The van der Waals surface area contributed by atoms with Gasteiger partial charge in [-0.25, -0.2) is 9.78 Å². The number of halogens is 1. The van der Waals surface area contributed by atoms with Crippen LogP contribution in [0.1, 0.15) is 18.1 Å². The fourth-order valence-corrected chi connectivity index (χ4v) is 4.36. The van der Waals surface area contributed by atoms with Gasteiger partial charge >= 0.3 is 5.63 Å². The topological polar surface area (TPSA) is 65.1 Å². The van der Waals surface area contributed by atoms with Crippen molar-refractivity contribution in [3.8, 4) is 0 Å². The molecule has 5 nitrogen and oxygen atoms in total. The van der Waals surface area contributed by atoms with Crippen molar-refractivity contribution in [2.24, 2.45) is 0 Å². The lowest BCUT2D eigenvalue weighted by Crippen LogP contribution is -2.22. The van der Waals surface area contributed by atoms with Crippen molar-refractivity contribution in [1.82, 2.24) is 9.55 Å². The first-order chi connectivity index (χ1) is 13.5. The molecule has 0 atom stereocenters. The van der Waals surface area contributed by atoms with Gasteiger partial charge in [-0.15, -0.1) is 0 Å². The number of rotatable bonds is 4. The Morgan fingerprint density at radius 3 is 2.71 bits per heavy atom. The molecule has 4 aromatic rings. The molecule has 28 heavy (non-hydrogen) atoms. The summed E-state index contributed by atoms with van der Waals surface area (Å²) in [6.07, 6.45) is 0. The monoisotopic (exact) mass is 412 g/mol. The lowest BCUT2D eigenvalue weighted by atomic mass is 10.1. The van der Waals surface area contributed by atoms with E-state index in [1.54, 1.807) is 16.7 Å². The molecule has 0 aliphatic rings. The number of fused-ring (bicyclic) bond motifs is 2. The summed E-state index contributed by atoms with van der Waals surface area (Å²) in [5, 5.41) is 2.61. The first-order valence-corrected chi connectivity index (χ1v) is 10.2. The fourth-order valence-electron chi connectivity index (χ4n) is 3.15. The maximum atomic E-state index is 12.8. The van der Waals surface area contributed by atoms with Gasteiger partial charge in [0.1, 0.15) is 5.58 Å². The Morgan fingerprint density at radius 2 is 1.93 bits per heavy atom. The smallest absolute Gasteiger partial charge is 0.336 e. The van der Waals surface area contributed by atoms with Gasteiger partial charge in [-0.1, -0.05) is 35.5 Å². The van der Waals surface area contributed by atoms with Gasteiger partial charge in [0.05, 0.1) is 10.9 Å². The minimum absolute atomic E-state index is 0.0632. The zero-order valence-electron chi connectivity index (χ0n) is 15.4. The maximum absolute atomic E-state index is 12.8. The van der Waals surface area contributed by atoms with Gasteiger partial charge in [0.15, 0.2) is 5.16 Å². The Bertz CT molecular complexity index is 1330. The molecule has 0 aliphatic carbocycles. The highest BCUT2D eigenvalue weighted by atomic mass is 35.5. The summed E-state index contributed by atoms with van der Waals surface area (Å²) >= 11 is 7.68. The Labute approximate surface area is 170 Å². The van der Waals surface area contributed by atoms with E-state index >= 15 is 0 Å². The molecule has 0 saturated heterocycles. The van der Waals surface area contributed by atoms with Crippen molar-refractivity contribution in [3.63, 3.8) is 0 Å². The van der Waals surface area contributed by atoms with Crippen LogP contribution in [-0.2, 0) is 12.3 Å². The summed E-state index contributed by atoms with van der Waals surface area (Å²) in [4.78, 5) is 29.4. The standard InChI is InChI=1S/C21H17ClN2O3S/c1-3-24-20(26)14-6-4-5-7-17(14)23-21(24)28-11-13-9-19(25)27-18-8-12(2)16(22)10-15(13)18/h4-10H,3,11H2,1-2H3. The van der Waals surface area contributed by atoms with Crippen molar-refractivity contribution >= 4 is 45.2 Å². The van der Waals surface area contributed by atoms with Gasteiger partial charge in [0, 0.05) is 28.8 Å². The van der Waals surface area contributed by atoms with E-state index < -0.39 is 5.63 Å². The van der Waals surface area contributed by atoms with Crippen LogP contribution in [0.2, 0.25) is 5.02 Å². The van der Waals surface area contributed by atoms with Crippen LogP contribution in [0, 0.1) is 6.92 Å². The quantitative estimate of drug-likeness (QED) is 0.274. The van der Waals surface area contributed by atoms with E-state index in [0.29, 0.717) is 39.0 Å². The van der Waals surface area contributed by atoms with E-state index in [-0.39, 0.29) is 5.56 Å². The summed E-state index contributed by atoms with van der Waals surface area (Å²) < 4.78 is 6.97. The summed E-state index contributed by atoms with van der Waals surface area (Å²) in [6, 6.07) is 12.4. The molecule has 2 aromatic carbocycles. The van der Waals surface area contributed by atoms with Gasteiger partial charge < -0.3 is 4.42 Å². The van der Waals surface area contributed by atoms with E-state index in [0.717, 1.165) is 16.5 Å². The van der Waals surface area contributed by atoms with Crippen molar-refractivity contribution < 1.29 is 4.42 Å². The molecule has 2 heterocycles. The van der Waals surface area contributed by atoms with Crippen LogP contribution in [0.3, 0.4) is 0 Å². The highest BCUT2D eigenvalue weighted by Gasteiger charge is 2.13. The predicted octanol–water partition coefficient (Wildman–Crippen LogP) is 4.78. The van der Waals surface area contributed by atoms with Crippen molar-refractivity contribution in [2.45, 2.75) is 31.3 Å². The minimum Gasteiger partial charge on any atom is -0.423 e. The van der Waals surface area contributed by atoms with Gasteiger partial charge in [-0.2, -0.15) is 0 Å². The van der Waals surface area contributed by atoms with Crippen LogP contribution in [0.25, 0.3) is 21.9 Å². The third-order valence-corrected chi connectivity index (χ3v) is 6.04. The Morgan fingerprint density at radius 1 is 1.14 bits per heavy atom. The number of aryl methyl sites for hydroxylation is 1. The van der Waals surface area contributed by atoms with E-state index in [2.05, 4.69) is 4.98 Å². The molecule has 0 N–H and O–H groups in total. The molecule has 4 rings (SSSR count). The zero-order valence-corrected chi connectivity index (χ0v) is 16.9. The summed E-state index contributed by atoms with van der Waals surface area (Å²) in [5.41, 5.74) is 2.33. The van der Waals surface area contributed by atoms with Gasteiger partial charge in [-0.3, -0.25) is 9.36 Å². The largest absolute Gasteiger partial charge is 0.423 e. The SMILES string of the molecule is CCn1c(SCc2cc(=O)oc3cc(C)c(Cl)cc23)nc2ccccc2c1=O. The number of nitrogens with zero attached hydrogens (tertiary/aromatic N) is 2. The van der Waals surface area contributed by atoms with E-state index in [9.17, 15) is 9.59 Å². The average Bonchev–Trinajstić information content (AvgIpc) is 2.67. The van der Waals surface area contributed by atoms with Crippen LogP contribution in [0.5, 0.6) is 0 Å². The number of hydrogen-bond acceptors (Lipinski definition) is 5. The summed E-state index contributed by atoms with van der Waals surface area (Å²) in [6.45, 7) is 4.29. The molecular formula is C21H17ClN2O3S. The predicted molar refractivity (Wildman–Crippen MR) is 113 cm³/mol. The maximum Gasteiger partial charge on any atom is 0.336 e. The van der Waals surface area contributed by atoms with Crippen LogP contribution < -0.4 is 11.2 Å². The van der Waals surface area contributed by atoms with Crippen LogP contribution in [0.15, 0.2) is 61.6 Å². The van der Waals surface area contributed by atoms with Crippen molar-refractivity contribution in [1.29, 1.82) is 0 Å². The second-order valence-electron chi connectivity index (χ2n) is 6.44. The number of aromatic nitrogens is 2. The molecule has 0 aliphatic heterocycles. The molecule has 0 fully saturated rings. The minimum atomic E-state index is -0.413. The summed E-state index contributed by atoms with van der Waals surface area (Å²) in [5.74, 6) is 0.465. The first-order valence-electron chi connectivity index (χ1n) is 8.83. The van der Waals surface area contributed by atoms with E-state index in [1.807, 2.05) is 38.1 Å². The second kappa shape index (κ2) is 7.45. The van der Waals surface area contributed by atoms with Crippen molar-refractivity contribution in [3.05, 3.63) is 79.4 Å². The Kier molecular flexibility index (Phi) is 5.00. The molecule has 2 aromatic heterocycles. The van der Waals surface area contributed by atoms with E-state index in [1.165, 1.54) is 17.8 Å². The molecule has 0 bridgehead atoms. The normalized spacial score (nSPS) is 11.4. The second-order valence-corrected chi connectivity index (χ2v) is 7.79. The number of hydrogen-bond donors (Lipinski definition) is 0. The molecule has 0 amide bonds. The highest BCUT2D eigenvalue weighted by Crippen LogP contribution is 2.29. The fraction of sp³-hybridized carbons (Fsp3) is 0.190. The summed E-state index contributed by atoms with van der Waals surface area (Å²) in [7, 11) is 0. The van der Waals surface area contributed by atoms with Gasteiger partial charge in [0.25, 0.3) is 5.56 Å². The van der Waals surface area contributed by atoms with Crippen LogP contribution in [-0.4, -0.2) is 9.55 Å². The molecule has 0 unspecified atom stereocenters. The molecule has 0 saturated carbocycles. The van der Waals surface area contributed by atoms with Gasteiger partial charge in [0.2, 0.25) is 0 Å². The molecule has 7 heteroatoms. The number of para-hydroxylation sites is 1. The van der Waals surface area contributed by atoms with Gasteiger partial charge in [-0.05, 0) is 49.2 Å². The Hall–Kier alpha value is -2.57. The zero-order chi connectivity index (χ0) is 19.8. The lowest BCUT2D eigenvalue weighted by Gasteiger charge is -2.12. The van der Waals surface area contributed by atoms with Crippen molar-refractivity contribution in [2.75, 3.05) is 0 Å². The van der Waals surface area contributed by atoms with Crippen LogP contribution in [0.4, 0.5) is 0 Å². The lowest BCUT2D eigenvalue weighted by molar-refractivity contribution is 0.559. The Balaban J connectivity index is 1.79. The average molecular weight is 413 g/mol. The number of benzene rings is 2. The third kappa shape index (κ3) is 3.34. The van der Waals surface area contributed by atoms with E-state index in [4.69, 9.17) is 16.0 Å². The molecular weight excluding hydrogens is 396 g/mol. The third-order valence-electron chi connectivity index (χ3n) is 4.61. The number of thioether (sulfide) groups is 1. The molecule has 0 spiro atoms.